The van der Waals surface area contributed by atoms with Gasteiger partial charge in [-0.1, -0.05) is 109 Å². The van der Waals surface area contributed by atoms with E-state index in [9.17, 15) is 48.5 Å². The lowest BCUT2D eigenvalue weighted by Gasteiger charge is -2.27. The van der Waals surface area contributed by atoms with Crippen LogP contribution in [0.5, 0.6) is 0 Å². The third-order valence-electron chi connectivity index (χ3n) is 10.4. The second-order valence-corrected chi connectivity index (χ2v) is 15.0. The number of hydrogen-bond donors (Lipinski definition) is 7. The van der Waals surface area contributed by atoms with Crippen LogP contribution in [0.2, 0.25) is 0 Å². The Morgan fingerprint density at radius 3 is 1.56 bits per heavy atom. The third kappa shape index (κ3) is 12.0. The molecule has 2 bridgehead atoms. The second-order valence-electron chi connectivity index (χ2n) is 15.0. The molecule has 2 aliphatic heterocycles. The zero-order valence-corrected chi connectivity index (χ0v) is 32.9. The number of aliphatic hydroxyl groups is 2. The molecule has 0 aromatic heterocycles. The van der Waals surface area contributed by atoms with Crippen LogP contribution in [-0.2, 0) is 54.5 Å². The Morgan fingerprint density at radius 1 is 0.525 bits per heavy atom. The Balaban J connectivity index is 1.38. The van der Waals surface area contributed by atoms with Gasteiger partial charge in [-0.25, -0.2) is 4.39 Å². The first-order chi connectivity index (χ1) is 29.3. The van der Waals surface area contributed by atoms with Crippen LogP contribution in [0.25, 0.3) is 11.1 Å². The number of anilines is 1. The zero-order valence-electron chi connectivity index (χ0n) is 32.9. The van der Waals surface area contributed by atoms with Gasteiger partial charge in [0.05, 0.1) is 12.0 Å². The van der Waals surface area contributed by atoms with Crippen molar-refractivity contribution in [3.05, 3.63) is 162 Å². The van der Waals surface area contributed by atoms with Gasteiger partial charge < -0.3 is 36.6 Å². The summed E-state index contributed by atoms with van der Waals surface area (Å²) in [5.41, 5.74) is 4.14. The zero-order chi connectivity index (χ0) is 43.5. The molecule has 0 saturated carbocycles. The summed E-state index contributed by atoms with van der Waals surface area (Å²) in [6, 6.07) is 32.4. The number of carbonyl (C=O) groups is 6. The van der Waals surface area contributed by atoms with Crippen molar-refractivity contribution in [2.45, 2.75) is 62.4 Å². The molecule has 6 atom stereocenters. The number of ketones is 1. The van der Waals surface area contributed by atoms with Crippen LogP contribution in [0, 0.1) is 11.7 Å². The summed E-state index contributed by atoms with van der Waals surface area (Å²) >= 11 is 0. The van der Waals surface area contributed by atoms with E-state index in [1.54, 1.807) is 42.5 Å². The number of aliphatic hydroxyl groups excluding tert-OH is 2. The van der Waals surface area contributed by atoms with Crippen molar-refractivity contribution < 1.29 is 48.5 Å². The van der Waals surface area contributed by atoms with E-state index in [0.29, 0.717) is 22.3 Å². The Labute approximate surface area is 351 Å². The van der Waals surface area contributed by atoms with Crippen LogP contribution < -0.4 is 21.3 Å². The number of benzene rings is 5. The fraction of sp³-hybridized carbons (Fsp3) is 0.234. The monoisotopic (exact) mass is 828 g/mol. The molecular weight excluding hydrogens is 784 g/mol. The lowest BCUT2D eigenvalue weighted by Crippen LogP contribution is -2.59. The van der Waals surface area contributed by atoms with Crippen molar-refractivity contribution in [2.24, 2.45) is 5.92 Å². The van der Waals surface area contributed by atoms with Gasteiger partial charge in [0.15, 0.2) is 18.0 Å². The van der Waals surface area contributed by atoms with Crippen molar-refractivity contribution >= 4 is 41.1 Å². The molecule has 4 amide bonds. The number of aliphatic carboxylic acids is 1. The molecule has 2 aliphatic rings. The highest BCUT2D eigenvalue weighted by Gasteiger charge is 2.36. The molecule has 14 heteroatoms. The summed E-state index contributed by atoms with van der Waals surface area (Å²) in [5.74, 6) is -7.76. The van der Waals surface area contributed by atoms with Gasteiger partial charge in [-0.2, -0.15) is 0 Å². The number of carbonyl (C=O) groups excluding carboxylic acids is 5. The van der Waals surface area contributed by atoms with Crippen LogP contribution in [0.1, 0.15) is 28.7 Å². The van der Waals surface area contributed by atoms with E-state index in [1.807, 2.05) is 42.5 Å². The average molecular weight is 829 g/mol. The fourth-order valence-electron chi connectivity index (χ4n) is 7.01. The highest BCUT2D eigenvalue weighted by atomic mass is 19.1. The van der Waals surface area contributed by atoms with Crippen LogP contribution in [-0.4, -0.2) is 81.0 Å². The molecule has 5 aromatic carbocycles. The number of hydrogen-bond acceptors (Lipinski definition) is 8. The normalized spacial score (nSPS) is 21.9. The van der Waals surface area contributed by atoms with Gasteiger partial charge in [0.25, 0.3) is 11.8 Å². The SMILES string of the molecule is O=C(O)[C@H]1CC(=O)[C@@H](Cc2ccccc2)NC(=O)[C@H](Cc2ccc(-c3ccccc3)cc2)NC(=O)[C@@H](Cc2ccc(F)cc2)NC(=O)[C@H](O)[C@@H](O)C(=O)Nc2ccc(cc2)C1. The van der Waals surface area contributed by atoms with Gasteiger partial charge in [-0.05, 0) is 70.5 Å². The summed E-state index contributed by atoms with van der Waals surface area (Å²) in [6.45, 7) is 0. The largest absolute Gasteiger partial charge is 0.481 e. The predicted molar refractivity (Wildman–Crippen MR) is 223 cm³/mol. The van der Waals surface area contributed by atoms with Crippen LogP contribution in [0.3, 0.4) is 0 Å². The maximum absolute atomic E-state index is 14.5. The molecule has 314 valence electrons. The van der Waals surface area contributed by atoms with Crippen LogP contribution in [0.4, 0.5) is 10.1 Å². The highest BCUT2D eigenvalue weighted by molar-refractivity contribution is 6.00. The van der Waals surface area contributed by atoms with E-state index in [-0.39, 0.29) is 31.4 Å². The summed E-state index contributed by atoms with van der Waals surface area (Å²) in [4.78, 5) is 81.8. The van der Waals surface area contributed by atoms with E-state index >= 15 is 0 Å². The van der Waals surface area contributed by atoms with Crippen LogP contribution in [0.15, 0.2) is 133 Å². The van der Waals surface area contributed by atoms with Crippen molar-refractivity contribution in [1.29, 1.82) is 0 Å². The molecule has 5 aromatic rings. The van der Waals surface area contributed by atoms with Crippen molar-refractivity contribution in [2.75, 3.05) is 5.32 Å². The number of rotatable bonds is 8. The number of amides is 4. The minimum absolute atomic E-state index is 0.00203. The number of Topliss-reactive ketones (excluding diaryl/α,β-unsaturated/α-hetero) is 1. The van der Waals surface area contributed by atoms with Crippen molar-refractivity contribution in [3.63, 3.8) is 0 Å². The van der Waals surface area contributed by atoms with Gasteiger partial charge in [0.1, 0.15) is 17.9 Å². The quantitative estimate of drug-likeness (QED) is 0.114. The Morgan fingerprint density at radius 2 is 0.984 bits per heavy atom. The summed E-state index contributed by atoms with van der Waals surface area (Å²) in [7, 11) is 0. The Hall–Kier alpha value is -7.03. The van der Waals surface area contributed by atoms with Gasteiger partial charge >= 0.3 is 5.97 Å². The van der Waals surface area contributed by atoms with Crippen molar-refractivity contribution in [1.82, 2.24) is 16.0 Å². The van der Waals surface area contributed by atoms with E-state index in [4.69, 9.17) is 0 Å². The average Bonchev–Trinajstić information content (AvgIpc) is 3.26. The number of carboxylic acid groups (broad SMARTS) is 1. The lowest BCUT2D eigenvalue weighted by molar-refractivity contribution is -0.145. The number of halogens is 1. The minimum atomic E-state index is -2.36. The molecule has 2 heterocycles. The molecule has 0 spiro atoms. The summed E-state index contributed by atoms with van der Waals surface area (Å²) < 4.78 is 13.9. The molecular formula is C47H45FN4O9. The predicted octanol–water partition coefficient (Wildman–Crippen LogP) is 3.55. The van der Waals surface area contributed by atoms with E-state index in [2.05, 4.69) is 21.3 Å². The maximum atomic E-state index is 14.5. The van der Waals surface area contributed by atoms with E-state index < -0.39 is 83.9 Å². The molecule has 61 heavy (non-hydrogen) atoms. The first kappa shape index (κ1) is 43.5. The highest BCUT2D eigenvalue weighted by Crippen LogP contribution is 2.22. The molecule has 0 saturated heterocycles. The second kappa shape index (κ2) is 20.3. The third-order valence-corrected chi connectivity index (χ3v) is 10.4. The standard InChI is InChI=1S/C47H45FN4O9/c48-35-19-13-31(14-20-35)26-39-44(57)51-38(25-30-11-17-33(18-12-30)32-9-5-2-6-10-32)43(56)50-37(24-28-7-3-1-4-8-28)40(53)27-34(47(60)61)23-29-15-21-36(22-16-29)49-45(58)41(54)42(55)46(59)52-39/h1-22,34,37-39,41-42,54-55H,23-27H2,(H,49,58)(H,50,56)(H,51,57)(H,52,59)(H,60,61)/t34-,37-,38+,39-,41-,42-/m1/s1. The number of carboxylic acids is 1. The van der Waals surface area contributed by atoms with Gasteiger partial charge in [0, 0.05) is 24.9 Å². The molecule has 0 aliphatic carbocycles. The number of nitrogens with one attached hydrogen (secondary N) is 4. The minimum Gasteiger partial charge on any atom is -0.481 e. The van der Waals surface area contributed by atoms with Gasteiger partial charge in [-0.15, -0.1) is 0 Å². The molecule has 7 rings (SSSR count). The fourth-order valence-corrected chi connectivity index (χ4v) is 7.01. The molecule has 7 N–H and O–H groups in total. The first-order valence-corrected chi connectivity index (χ1v) is 19.7. The lowest BCUT2D eigenvalue weighted by atomic mass is 9.90. The molecule has 0 unspecified atom stereocenters. The first-order valence-electron chi connectivity index (χ1n) is 19.7. The van der Waals surface area contributed by atoms with Gasteiger partial charge in [-0.3, -0.25) is 28.8 Å². The summed E-state index contributed by atoms with van der Waals surface area (Å²) in [6.07, 6.45) is -5.59. The Bertz CT molecular complexity index is 2330. The van der Waals surface area contributed by atoms with Gasteiger partial charge in [0.2, 0.25) is 11.8 Å². The molecule has 0 radical (unpaired) electrons. The van der Waals surface area contributed by atoms with E-state index in [0.717, 1.165) is 23.3 Å². The van der Waals surface area contributed by atoms with Crippen LogP contribution >= 0.6 is 0 Å². The van der Waals surface area contributed by atoms with Crippen molar-refractivity contribution in [3.8, 4) is 11.1 Å². The molecule has 13 nitrogen and oxygen atoms in total. The summed E-state index contributed by atoms with van der Waals surface area (Å²) in [5, 5.41) is 42.0. The van der Waals surface area contributed by atoms with E-state index in [1.165, 1.54) is 36.4 Å². The topological polar surface area (TPSA) is 211 Å². The number of fused-ring (bicyclic) bond motifs is 18. The Kier molecular flexibility index (Phi) is 14.5. The smallest absolute Gasteiger partial charge is 0.307 e. The maximum Gasteiger partial charge on any atom is 0.307 e. The molecule has 0 fully saturated rings.